The molecule has 1 aromatic heterocycles. The molecule has 26 heavy (non-hydrogen) atoms. The first-order chi connectivity index (χ1) is 12.6. The average molecular weight is 385 g/mol. The molecule has 1 heterocycles. The van der Waals surface area contributed by atoms with Crippen molar-refractivity contribution in [1.29, 1.82) is 5.26 Å². The third-order valence-corrected chi connectivity index (χ3v) is 6.67. The van der Waals surface area contributed by atoms with Gasteiger partial charge < -0.3 is 5.32 Å². The Balaban J connectivity index is 1.68. The maximum Gasteiger partial charge on any atom is 0.229 e. The Bertz CT molecular complexity index is 816. The minimum atomic E-state index is -0.0535. The monoisotopic (exact) mass is 384 g/mol. The maximum atomic E-state index is 12.5. The summed E-state index contributed by atoms with van der Waals surface area (Å²) < 4.78 is 0. The van der Waals surface area contributed by atoms with Gasteiger partial charge in [-0.1, -0.05) is 32.4 Å². The number of fused-ring (bicyclic) bond motifs is 1. The van der Waals surface area contributed by atoms with Crippen molar-refractivity contribution in [2.45, 2.75) is 62.5 Å². The number of thioether (sulfide) groups is 1. The minimum absolute atomic E-state index is 0.0535. The number of aryl methyl sites for hydroxylation is 1. The van der Waals surface area contributed by atoms with Crippen LogP contribution in [-0.4, -0.2) is 11.2 Å². The number of carbonyl (C=O) groups is 1. The Labute approximate surface area is 163 Å². The smallest absolute Gasteiger partial charge is 0.229 e. The van der Waals surface area contributed by atoms with Gasteiger partial charge >= 0.3 is 0 Å². The number of thiophene rings is 1. The summed E-state index contributed by atoms with van der Waals surface area (Å²) in [6.45, 7) is 4.34. The van der Waals surface area contributed by atoms with Gasteiger partial charge in [-0.25, -0.2) is 0 Å². The molecule has 1 amide bonds. The lowest BCUT2D eigenvalue weighted by atomic mass is 10.1. The highest BCUT2D eigenvalue weighted by Gasteiger charge is 2.21. The SMILES string of the molecule is CC(C)Sc1ccc(CC(=O)Nc2sc3c(c2C#N)CCCCC3)cc1. The van der Waals surface area contributed by atoms with Crippen molar-refractivity contribution in [2.75, 3.05) is 5.32 Å². The lowest BCUT2D eigenvalue weighted by Crippen LogP contribution is -2.14. The van der Waals surface area contributed by atoms with E-state index in [9.17, 15) is 10.1 Å². The molecule has 1 aliphatic carbocycles. The van der Waals surface area contributed by atoms with Crippen molar-refractivity contribution in [2.24, 2.45) is 0 Å². The summed E-state index contributed by atoms with van der Waals surface area (Å²) in [5.74, 6) is -0.0535. The Kier molecular flexibility index (Phi) is 6.39. The van der Waals surface area contributed by atoms with Gasteiger partial charge in [0.1, 0.15) is 11.1 Å². The van der Waals surface area contributed by atoms with E-state index >= 15 is 0 Å². The summed E-state index contributed by atoms with van der Waals surface area (Å²) in [4.78, 5) is 15.0. The summed E-state index contributed by atoms with van der Waals surface area (Å²) in [7, 11) is 0. The van der Waals surface area contributed by atoms with Crippen LogP contribution in [0.15, 0.2) is 29.2 Å². The van der Waals surface area contributed by atoms with Crippen LogP contribution in [0.5, 0.6) is 0 Å². The van der Waals surface area contributed by atoms with Crippen molar-refractivity contribution >= 4 is 34.0 Å². The van der Waals surface area contributed by atoms with Crippen LogP contribution in [0, 0.1) is 11.3 Å². The Morgan fingerprint density at radius 1 is 1.23 bits per heavy atom. The van der Waals surface area contributed by atoms with Crippen molar-refractivity contribution in [1.82, 2.24) is 0 Å². The first kappa shape index (κ1) is 19.0. The van der Waals surface area contributed by atoms with Crippen LogP contribution in [0.25, 0.3) is 0 Å². The normalized spacial score (nSPS) is 13.8. The van der Waals surface area contributed by atoms with E-state index in [1.54, 1.807) is 11.3 Å². The van der Waals surface area contributed by atoms with Crippen molar-refractivity contribution in [3.63, 3.8) is 0 Å². The molecule has 0 atom stereocenters. The average Bonchev–Trinajstić information content (AvgIpc) is 2.76. The molecule has 0 bridgehead atoms. The zero-order valence-electron chi connectivity index (χ0n) is 15.3. The van der Waals surface area contributed by atoms with Gasteiger partial charge in [-0.05, 0) is 48.9 Å². The highest BCUT2D eigenvalue weighted by Crippen LogP contribution is 2.37. The van der Waals surface area contributed by atoms with E-state index < -0.39 is 0 Å². The highest BCUT2D eigenvalue weighted by molar-refractivity contribution is 7.99. The van der Waals surface area contributed by atoms with Gasteiger partial charge in [0.15, 0.2) is 0 Å². The maximum absolute atomic E-state index is 12.5. The van der Waals surface area contributed by atoms with Gasteiger partial charge in [0.2, 0.25) is 5.91 Å². The largest absolute Gasteiger partial charge is 0.316 e. The van der Waals surface area contributed by atoms with Gasteiger partial charge in [-0.2, -0.15) is 5.26 Å². The van der Waals surface area contributed by atoms with Crippen LogP contribution < -0.4 is 5.32 Å². The summed E-state index contributed by atoms with van der Waals surface area (Å²) in [6.07, 6.45) is 5.84. The summed E-state index contributed by atoms with van der Waals surface area (Å²) in [6, 6.07) is 10.5. The minimum Gasteiger partial charge on any atom is -0.316 e. The van der Waals surface area contributed by atoms with Crippen molar-refractivity contribution in [3.05, 3.63) is 45.8 Å². The number of rotatable bonds is 5. The second-order valence-corrected chi connectivity index (χ2v) is 9.67. The number of nitrogens with one attached hydrogen (secondary N) is 1. The van der Waals surface area contributed by atoms with Gasteiger partial charge in [-0.3, -0.25) is 4.79 Å². The standard InChI is InChI=1S/C21H24N2OS2/c1-14(2)25-16-10-8-15(9-11-16)12-20(24)23-21-18(13-22)17-6-4-3-5-7-19(17)26-21/h8-11,14H,3-7,12H2,1-2H3,(H,23,24). The van der Waals surface area contributed by atoms with E-state index in [0.717, 1.165) is 29.8 Å². The zero-order valence-corrected chi connectivity index (χ0v) is 16.9. The molecule has 136 valence electrons. The number of hydrogen-bond donors (Lipinski definition) is 1. The lowest BCUT2D eigenvalue weighted by Gasteiger charge is -2.07. The number of anilines is 1. The predicted molar refractivity (Wildman–Crippen MR) is 110 cm³/mol. The molecule has 2 aromatic rings. The fourth-order valence-corrected chi connectivity index (χ4v) is 5.36. The quantitative estimate of drug-likeness (QED) is 0.541. The fraction of sp³-hybridized carbons (Fsp3) is 0.429. The van der Waals surface area contributed by atoms with Gasteiger partial charge in [0, 0.05) is 15.0 Å². The van der Waals surface area contributed by atoms with Crippen molar-refractivity contribution < 1.29 is 4.79 Å². The molecule has 0 fully saturated rings. The second kappa shape index (κ2) is 8.75. The molecule has 5 heteroatoms. The molecular weight excluding hydrogens is 360 g/mol. The summed E-state index contributed by atoms with van der Waals surface area (Å²) in [5, 5.41) is 13.8. The van der Waals surface area contributed by atoms with E-state index in [4.69, 9.17) is 0 Å². The summed E-state index contributed by atoms with van der Waals surface area (Å²) >= 11 is 3.41. The molecular formula is C21H24N2OS2. The highest BCUT2D eigenvalue weighted by atomic mass is 32.2. The fourth-order valence-electron chi connectivity index (χ4n) is 3.26. The van der Waals surface area contributed by atoms with E-state index in [1.165, 1.54) is 28.2 Å². The molecule has 0 spiro atoms. The topological polar surface area (TPSA) is 52.9 Å². The third-order valence-electron chi connectivity index (χ3n) is 4.45. The Morgan fingerprint density at radius 2 is 1.96 bits per heavy atom. The van der Waals surface area contributed by atoms with Crippen LogP contribution in [0.4, 0.5) is 5.00 Å². The number of amides is 1. The van der Waals surface area contributed by atoms with Crippen LogP contribution in [0.1, 0.15) is 54.7 Å². The Hall–Kier alpha value is -1.77. The van der Waals surface area contributed by atoms with E-state index in [0.29, 0.717) is 17.2 Å². The number of carbonyl (C=O) groups excluding carboxylic acids is 1. The van der Waals surface area contributed by atoms with Crippen LogP contribution >= 0.6 is 23.1 Å². The third kappa shape index (κ3) is 4.69. The second-order valence-electron chi connectivity index (χ2n) is 6.92. The molecule has 1 aromatic carbocycles. The molecule has 1 N–H and O–H groups in total. The molecule has 0 aliphatic heterocycles. The molecule has 1 aliphatic rings. The molecule has 3 rings (SSSR count). The van der Waals surface area contributed by atoms with Crippen molar-refractivity contribution in [3.8, 4) is 6.07 Å². The Morgan fingerprint density at radius 3 is 2.65 bits per heavy atom. The molecule has 3 nitrogen and oxygen atoms in total. The van der Waals surface area contributed by atoms with Crippen LogP contribution in [0.2, 0.25) is 0 Å². The van der Waals surface area contributed by atoms with E-state index in [1.807, 2.05) is 23.9 Å². The first-order valence-electron chi connectivity index (χ1n) is 9.17. The molecule has 0 unspecified atom stereocenters. The molecule has 0 saturated carbocycles. The molecule has 0 saturated heterocycles. The van der Waals surface area contributed by atoms with Crippen LogP contribution in [0.3, 0.4) is 0 Å². The molecule has 0 radical (unpaired) electrons. The van der Waals surface area contributed by atoms with E-state index in [-0.39, 0.29) is 5.91 Å². The van der Waals surface area contributed by atoms with Crippen LogP contribution in [-0.2, 0) is 24.1 Å². The number of nitrogens with zero attached hydrogens (tertiary/aromatic N) is 1. The lowest BCUT2D eigenvalue weighted by molar-refractivity contribution is -0.115. The predicted octanol–water partition coefficient (Wildman–Crippen LogP) is 5.57. The van der Waals surface area contributed by atoms with Gasteiger partial charge in [-0.15, -0.1) is 23.1 Å². The first-order valence-corrected chi connectivity index (χ1v) is 10.9. The number of hydrogen-bond acceptors (Lipinski definition) is 4. The van der Waals surface area contributed by atoms with E-state index in [2.05, 4.69) is 37.4 Å². The zero-order chi connectivity index (χ0) is 18.5. The number of nitriles is 1. The van der Waals surface area contributed by atoms with Gasteiger partial charge in [0.05, 0.1) is 12.0 Å². The summed E-state index contributed by atoms with van der Waals surface area (Å²) in [5.41, 5.74) is 2.84. The van der Waals surface area contributed by atoms with Gasteiger partial charge in [0.25, 0.3) is 0 Å². The number of benzene rings is 1.